The standard InChI is InChI=1S/C17H35N5O4/c1-7-9(2)12(21-11(23)8-10(18)14(25)26)13(24)22-15(16(3,4)19)17(5,6)20/h9-10,12,15H,7-8,18-20H2,1-6H3,(H,21,23)(H,22,24)(H,25,26)/t9?,10-,12-/m0/s1. The van der Waals surface area contributed by atoms with Gasteiger partial charge in [0, 0.05) is 11.1 Å². The van der Waals surface area contributed by atoms with E-state index < -0.39 is 53.4 Å². The van der Waals surface area contributed by atoms with Crippen molar-refractivity contribution >= 4 is 17.8 Å². The largest absolute Gasteiger partial charge is 0.480 e. The fourth-order valence-electron chi connectivity index (χ4n) is 2.78. The molecule has 0 aliphatic carbocycles. The summed E-state index contributed by atoms with van der Waals surface area (Å²) in [6.07, 6.45) is 0.218. The molecule has 3 atom stereocenters. The highest BCUT2D eigenvalue weighted by atomic mass is 16.4. The van der Waals surface area contributed by atoms with Gasteiger partial charge in [-0.15, -0.1) is 0 Å². The highest BCUT2D eigenvalue weighted by molar-refractivity contribution is 5.90. The number of aliphatic carboxylic acids is 1. The molecule has 0 aliphatic rings. The quantitative estimate of drug-likeness (QED) is 0.293. The van der Waals surface area contributed by atoms with E-state index in [9.17, 15) is 14.4 Å². The molecule has 0 aromatic carbocycles. The van der Waals surface area contributed by atoms with Gasteiger partial charge in [-0.3, -0.25) is 14.4 Å². The first-order valence-corrected chi connectivity index (χ1v) is 8.77. The molecule has 0 aliphatic heterocycles. The molecule has 0 aromatic heterocycles. The second kappa shape index (κ2) is 9.29. The van der Waals surface area contributed by atoms with Crippen LogP contribution in [0.5, 0.6) is 0 Å². The average Bonchev–Trinajstić information content (AvgIpc) is 2.46. The van der Waals surface area contributed by atoms with E-state index in [-0.39, 0.29) is 5.92 Å². The molecular weight excluding hydrogens is 338 g/mol. The van der Waals surface area contributed by atoms with Gasteiger partial charge in [-0.2, -0.15) is 0 Å². The van der Waals surface area contributed by atoms with Crippen molar-refractivity contribution in [3.8, 4) is 0 Å². The van der Waals surface area contributed by atoms with Gasteiger partial charge in [0.1, 0.15) is 12.1 Å². The normalized spacial score (nSPS) is 15.9. The van der Waals surface area contributed by atoms with Crippen molar-refractivity contribution in [1.82, 2.24) is 10.6 Å². The SMILES string of the molecule is CCC(C)[C@H](NC(=O)C[C@H](N)C(=O)O)C(=O)NC(C(C)(C)N)C(C)(C)N. The summed E-state index contributed by atoms with van der Waals surface area (Å²) in [5.41, 5.74) is 16.1. The van der Waals surface area contributed by atoms with Gasteiger partial charge >= 0.3 is 5.97 Å². The van der Waals surface area contributed by atoms with E-state index in [1.165, 1.54) is 0 Å². The Morgan fingerprint density at radius 1 is 1.04 bits per heavy atom. The topological polar surface area (TPSA) is 174 Å². The van der Waals surface area contributed by atoms with Crippen LogP contribution in [0.2, 0.25) is 0 Å². The van der Waals surface area contributed by atoms with Crippen molar-refractivity contribution in [2.75, 3.05) is 0 Å². The lowest BCUT2D eigenvalue weighted by atomic mass is 9.81. The Hall–Kier alpha value is -1.71. The number of hydrogen-bond donors (Lipinski definition) is 6. The molecule has 0 fully saturated rings. The number of carboxylic acid groups (broad SMARTS) is 1. The molecule has 0 saturated heterocycles. The zero-order valence-electron chi connectivity index (χ0n) is 16.6. The Morgan fingerprint density at radius 2 is 1.50 bits per heavy atom. The van der Waals surface area contributed by atoms with E-state index in [0.717, 1.165) is 0 Å². The van der Waals surface area contributed by atoms with Crippen LogP contribution in [0.15, 0.2) is 0 Å². The monoisotopic (exact) mass is 373 g/mol. The fraction of sp³-hybridized carbons (Fsp3) is 0.824. The van der Waals surface area contributed by atoms with E-state index >= 15 is 0 Å². The molecule has 0 heterocycles. The van der Waals surface area contributed by atoms with Gasteiger partial charge in [0.25, 0.3) is 0 Å². The predicted octanol–water partition coefficient (Wildman–Crippen LogP) is -0.721. The first-order chi connectivity index (χ1) is 11.6. The number of amides is 2. The Balaban J connectivity index is 5.32. The molecule has 9 heteroatoms. The second-order valence-electron chi connectivity index (χ2n) is 8.16. The first kappa shape index (κ1) is 24.3. The summed E-state index contributed by atoms with van der Waals surface area (Å²) in [5.74, 6) is -2.48. The number of nitrogens with one attached hydrogen (secondary N) is 2. The van der Waals surface area contributed by atoms with Gasteiger partial charge in [-0.25, -0.2) is 0 Å². The van der Waals surface area contributed by atoms with Gasteiger partial charge < -0.3 is 32.9 Å². The summed E-state index contributed by atoms with van der Waals surface area (Å²) in [5, 5.41) is 14.2. The van der Waals surface area contributed by atoms with Crippen LogP contribution in [-0.4, -0.2) is 52.1 Å². The van der Waals surface area contributed by atoms with Crippen molar-refractivity contribution in [3.63, 3.8) is 0 Å². The van der Waals surface area contributed by atoms with Crippen LogP contribution in [0.25, 0.3) is 0 Å². The zero-order chi connectivity index (χ0) is 20.9. The summed E-state index contributed by atoms with van der Waals surface area (Å²) in [6.45, 7) is 10.7. The minimum Gasteiger partial charge on any atom is -0.480 e. The Kier molecular flexibility index (Phi) is 8.68. The molecule has 0 radical (unpaired) electrons. The summed E-state index contributed by atoms with van der Waals surface area (Å²) < 4.78 is 0. The molecule has 152 valence electrons. The van der Waals surface area contributed by atoms with Gasteiger partial charge in [0.2, 0.25) is 11.8 Å². The fourth-order valence-corrected chi connectivity index (χ4v) is 2.78. The highest BCUT2D eigenvalue weighted by Gasteiger charge is 2.39. The van der Waals surface area contributed by atoms with E-state index in [1.807, 2.05) is 13.8 Å². The average molecular weight is 373 g/mol. The third kappa shape index (κ3) is 7.67. The van der Waals surface area contributed by atoms with Crippen molar-refractivity contribution in [3.05, 3.63) is 0 Å². The molecule has 0 bridgehead atoms. The maximum atomic E-state index is 12.8. The van der Waals surface area contributed by atoms with E-state index in [1.54, 1.807) is 27.7 Å². The van der Waals surface area contributed by atoms with Crippen molar-refractivity contribution in [2.45, 2.75) is 83.6 Å². The lowest BCUT2D eigenvalue weighted by Crippen LogP contribution is -2.69. The lowest BCUT2D eigenvalue weighted by Gasteiger charge is -2.41. The van der Waals surface area contributed by atoms with Gasteiger partial charge in [0.05, 0.1) is 12.5 Å². The smallest absolute Gasteiger partial charge is 0.321 e. The molecule has 0 rings (SSSR count). The van der Waals surface area contributed by atoms with Crippen LogP contribution in [0.3, 0.4) is 0 Å². The molecule has 2 amide bonds. The minimum atomic E-state index is -1.32. The number of carboxylic acids is 1. The number of carbonyl (C=O) groups excluding carboxylic acids is 2. The van der Waals surface area contributed by atoms with Gasteiger partial charge in [0.15, 0.2) is 0 Å². The third-order valence-corrected chi connectivity index (χ3v) is 4.31. The van der Waals surface area contributed by atoms with Crippen LogP contribution in [0.1, 0.15) is 54.4 Å². The molecule has 9 nitrogen and oxygen atoms in total. The third-order valence-electron chi connectivity index (χ3n) is 4.31. The van der Waals surface area contributed by atoms with E-state index in [0.29, 0.717) is 6.42 Å². The van der Waals surface area contributed by atoms with Crippen LogP contribution >= 0.6 is 0 Å². The molecule has 26 heavy (non-hydrogen) atoms. The summed E-state index contributed by atoms with van der Waals surface area (Å²) in [7, 11) is 0. The molecule has 0 aromatic rings. The van der Waals surface area contributed by atoms with Crippen LogP contribution < -0.4 is 27.8 Å². The van der Waals surface area contributed by atoms with Gasteiger partial charge in [-0.1, -0.05) is 20.3 Å². The first-order valence-electron chi connectivity index (χ1n) is 8.77. The molecule has 0 saturated carbocycles. The molecular formula is C17H35N5O4. The van der Waals surface area contributed by atoms with Crippen LogP contribution in [0, 0.1) is 5.92 Å². The maximum Gasteiger partial charge on any atom is 0.321 e. The van der Waals surface area contributed by atoms with Gasteiger partial charge in [-0.05, 0) is 33.6 Å². The Bertz CT molecular complexity index is 496. The summed E-state index contributed by atoms with van der Waals surface area (Å²) in [6, 6.07) is -2.72. The summed E-state index contributed by atoms with van der Waals surface area (Å²) in [4.78, 5) is 35.7. The summed E-state index contributed by atoms with van der Waals surface area (Å²) >= 11 is 0. The maximum absolute atomic E-state index is 12.8. The molecule has 0 spiro atoms. The molecule has 9 N–H and O–H groups in total. The van der Waals surface area contributed by atoms with E-state index in [4.69, 9.17) is 22.3 Å². The van der Waals surface area contributed by atoms with E-state index in [2.05, 4.69) is 10.6 Å². The number of nitrogens with two attached hydrogens (primary N) is 3. The van der Waals surface area contributed by atoms with Crippen LogP contribution in [0.4, 0.5) is 0 Å². The number of hydrogen-bond acceptors (Lipinski definition) is 6. The minimum absolute atomic E-state index is 0.178. The number of carbonyl (C=O) groups is 3. The van der Waals surface area contributed by atoms with Crippen molar-refractivity contribution in [2.24, 2.45) is 23.1 Å². The lowest BCUT2D eigenvalue weighted by molar-refractivity contribution is -0.140. The Labute approximate surface area is 155 Å². The predicted molar refractivity (Wildman–Crippen MR) is 100 cm³/mol. The van der Waals surface area contributed by atoms with Crippen molar-refractivity contribution in [1.29, 1.82) is 0 Å². The number of rotatable bonds is 10. The zero-order valence-corrected chi connectivity index (χ0v) is 16.6. The second-order valence-corrected chi connectivity index (χ2v) is 8.16. The molecule has 1 unspecified atom stereocenters. The van der Waals surface area contributed by atoms with Crippen LogP contribution in [-0.2, 0) is 14.4 Å². The Morgan fingerprint density at radius 3 is 1.85 bits per heavy atom. The highest BCUT2D eigenvalue weighted by Crippen LogP contribution is 2.18. The van der Waals surface area contributed by atoms with Crippen molar-refractivity contribution < 1.29 is 19.5 Å².